The summed E-state index contributed by atoms with van der Waals surface area (Å²) < 4.78 is 3.21. The quantitative estimate of drug-likeness (QED) is 0.485. The SMILES string of the molecule is Brc1cc2c(ncn2-c2ccccc2)c2ccccc12. The van der Waals surface area contributed by atoms with Gasteiger partial charge < -0.3 is 0 Å². The highest BCUT2D eigenvalue weighted by Crippen LogP contribution is 2.32. The van der Waals surface area contributed by atoms with Crippen LogP contribution in [0, 0.1) is 0 Å². The van der Waals surface area contributed by atoms with Crippen LogP contribution in [0.1, 0.15) is 0 Å². The van der Waals surface area contributed by atoms with Crippen LogP contribution in [0.4, 0.5) is 0 Å². The summed E-state index contributed by atoms with van der Waals surface area (Å²) in [5.41, 5.74) is 3.27. The molecule has 3 heteroatoms. The molecule has 0 saturated carbocycles. The fourth-order valence-electron chi connectivity index (χ4n) is 2.59. The first kappa shape index (κ1) is 11.7. The molecular formula is C17H11BrN2. The molecule has 0 bridgehead atoms. The van der Waals surface area contributed by atoms with Crippen LogP contribution < -0.4 is 0 Å². The van der Waals surface area contributed by atoms with Crippen LogP contribution in [0.3, 0.4) is 0 Å². The minimum atomic E-state index is 1.03. The molecule has 20 heavy (non-hydrogen) atoms. The maximum Gasteiger partial charge on any atom is 0.100 e. The molecule has 0 aliphatic carbocycles. The Morgan fingerprint density at radius 1 is 0.850 bits per heavy atom. The molecule has 0 fully saturated rings. The van der Waals surface area contributed by atoms with Crippen LogP contribution >= 0.6 is 15.9 Å². The third-order valence-electron chi connectivity index (χ3n) is 3.54. The number of hydrogen-bond acceptors (Lipinski definition) is 1. The summed E-state index contributed by atoms with van der Waals surface area (Å²) in [6.45, 7) is 0. The first-order chi connectivity index (χ1) is 9.84. The number of aromatic nitrogens is 2. The third kappa shape index (κ3) is 1.67. The van der Waals surface area contributed by atoms with Crippen molar-refractivity contribution in [2.75, 3.05) is 0 Å². The minimum absolute atomic E-state index is 1.03. The van der Waals surface area contributed by atoms with Gasteiger partial charge in [0.05, 0.1) is 11.0 Å². The number of hydrogen-bond donors (Lipinski definition) is 0. The average Bonchev–Trinajstić information content (AvgIpc) is 2.92. The molecule has 4 aromatic rings. The van der Waals surface area contributed by atoms with E-state index in [0.29, 0.717) is 0 Å². The summed E-state index contributed by atoms with van der Waals surface area (Å²) in [4.78, 5) is 4.61. The van der Waals surface area contributed by atoms with Crippen LogP contribution in [0.15, 0.2) is 71.5 Å². The molecule has 3 aromatic carbocycles. The average molecular weight is 323 g/mol. The normalized spacial score (nSPS) is 11.2. The van der Waals surface area contributed by atoms with Gasteiger partial charge in [0, 0.05) is 15.5 Å². The predicted molar refractivity (Wildman–Crippen MR) is 86.3 cm³/mol. The fraction of sp³-hybridized carbons (Fsp3) is 0. The van der Waals surface area contributed by atoms with Gasteiger partial charge in [0.1, 0.15) is 6.33 Å². The minimum Gasteiger partial charge on any atom is -0.299 e. The lowest BCUT2D eigenvalue weighted by Gasteiger charge is -2.06. The third-order valence-corrected chi connectivity index (χ3v) is 4.20. The maximum absolute atomic E-state index is 4.61. The Balaban J connectivity index is 2.12. The summed E-state index contributed by atoms with van der Waals surface area (Å²) in [5, 5.41) is 2.37. The zero-order valence-corrected chi connectivity index (χ0v) is 12.2. The molecule has 1 aromatic heterocycles. The van der Waals surface area contributed by atoms with Gasteiger partial charge in [0.25, 0.3) is 0 Å². The second-order valence-corrected chi connectivity index (χ2v) is 5.58. The van der Waals surface area contributed by atoms with Crippen molar-refractivity contribution in [2.45, 2.75) is 0 Å². The van der Waals surface area contributed by atoms with E-state index in [1.165, 1.54) is 10.8 Å². The van der Waals surface area contributed by atoms with Gasteiger partial charge in [-0.25, -0.2) is 4.98 Å². The smallest absolute Gasteiger partial charge is 0.100 e. The summed E-state index contributed by atoms with van der Waals surface area (Å²) in [6.07, 6.45) is 1.89. The van der Waals surface area contributed by atoms with Gasteiger partial charge in [-0.15, -0.1) is 0 Å². The van der Waals surface area contributed by atoms with E-state index in [9.17, 15) is 0 Å². The van der Waals surface area contributed by atoms with E-state index in [-0.39, 0.29) is 0 Å². The van der Waals surface area contributed by atoms with Gasteiger partial charge >= 0.3 is 0 Å². The first-order valence-electron chi connectivity index (χ1n) is 6.44. The summed E-state index contributed by atoms with van der Waals surface area (Å²) in [7, 11) is 0. The van der Waals surface area contributed by atoms with E-state index in [1.807, 2.05) is 30.6 Å². The van der Waals surface area contributed by atoms with E-state index in [0.717, 1.165) is 21.2 Å². The lowest BCUT2D eigenvalue weighted by atomic mass is 10.1. The standard InChI is InChI=1S/C17H11BrN2/c18-15-10-16-17(14-9-5-4-8-13(14)15)19-11-20(16)12-6-2-1-3-7-12/h1-11H. The molecule has 96 valence electrons. The number of para-hydroxylation sites is 1. The van der Waals surface area contributed by atoms with Crippen LogP contribution in [-0.4, -0.2) is 9.55 Å². The highest BCUT2D eigenvalue weighted by Gasteiger charge is 2.10. The van der Waals surface area contributed by atoms with Crippen molar-refractivity contribution in [1.29, 1.82) is 0 Å². The fourth-order valence-corrected chi connectivity index (χ4v) is 3.16. The lowest BCUT2D eigenvalue weighted by molar-refractivity contribution is 1.09. The van der Waals surface area contributed by atoms with Crippen molar-refractivity contribution >= 4 is 37.7 Å². The van der Waals surface area contributed by atoms with Gasteiger partial charge in [0.2, 0.25) is 0 Å². The van der Waals surface area contributed by atoms with Crippen LogP contribution in [0.25, 0.3) is 27.5 Å². The van der Waals surface area contributed by atoms with Crippen molar-refractivity contribution < 1.29 is 0 Å². The van der Waals surface area contributed by atoms with Gasteiger partial charge in [-0.1, -0.05) is 58.4 Å². The van der Waals surface area contributed by atoms with Crippen LogP contribution in [-0.2, 0) is 0 Å². The van der Waals surface area contributed by atoms with Gasteiger partial charge in [0.15, 0.2) is 0 Å². The lowest BCUT2D eigenvalue weighted by Crippen LogP contribution is -1.91. The molecule has 0 saturated heterocycles. The molecule has 0 amide bonds. The van der Waals surface area contributed by atoms with Crippen molar-refractivity contribution in [3.05, 3.63) is 71.5 Å². The van der Waals surface area contributed by atoms with E-state index in [2.05, 4.69) is 61.9 Å². The molecule has 1 heterocycles. The Morgan fingerprint density at radius 3 is 2.35 bits per heavy atom. The number of benzene rings is 3. The number of imidazole rings is 1. The Labute approximate surface area is 124 Å². The molecule has 0 atom stereocenters. The molecule has 0 aliphatic rings. The number of rotatable bonds is 1. The summed E-state index contributed by atoms with van der Waals surface area (Å²) >= 11 is 3.67. The first-order valence-corrected chi connectivity index (χ1v) is 7.23. The molecule has 0 unspecified atom stereocenters. The molecule has 4 rings (SSSR count). The van der Waals surface area contributed by atoms with E-state index >= 15 is 0 Å². The van der Waals surface area contributed by atoms with Crippen molar-refractivity contribution in [2.24, 2.45) is 0 Å². The second-order valence-electron chi connectivity index (χ2n) is 4.72. The van der Waals surface area contributed by atoms with Gasteiger partial charge in [-0.3, -0.25) is 4.57 Å². The van der Waals surface area contributed by atoms with E-state index in [1.54, 1.807) is 0 Å². The Bertz CT molecular complexity index is 910. The highest BCUT2D eigenvalue weighted by molar-refractivity contribution is 9.10. The Hall–Kier alpha value is -2.13. The molecule has 0 N–H and O–H groups in total. The topological polar surface area (TPSA) is 17.8 Å². The van der Waals surface area contributed by atoms with Crippen LogP contribution in [0.5, 0.6) is 0 Å². The molecule has 0 radical (unpaired) electrons. The van der Waals surface area contributed by atoms with Crippen molar-refractivity contribution in [3.8, 4) is 5.69 Å². The monoisotopic (exact) mass is 322 g/mol. The molecule has 0 aliphatic heterocycles. The zero-order chi connectivity index (χ0) is 13.5. The van der Waals surface area contributed by atoms with Crippen LogP contribution in [0.2, 0.25) is 0 Å². The highest BCUT2D eigenvalue weighted by atomic mass is 79.9. The van der Waals surface area contributed by atoms with E-state index < -0.39 is 0 Å². The maximum atomic E-state index is 4.61. The van der Waals surface area contributed by atoms with E-state index in [4.69, 9.17) is 0 Å². The Kier molecular flexibility index (Phi) is 2.60. The number of nitrogens with zero attached hydrogens (tertiary/aromatic N) is 2. The molecular weight excluding hydrogens is 312 g/mol. The number of halogens is 1. The second kappa shape index (κ2) is 4.46. The van der Waals surface area contributed by atoms with Gasteiger partial charge in [-0.2, -0.15) is 0 Å². The Morgan fingerprint density at radius 2 is 1.55 bits per heavy atom. The number of fused-ring (bicyclic) bond motifs is 3. The van der Waals surface area contributed by atoms with Crippen molar-refractivity contribution in [3.63, 3.8) is 0 Å². The summed E-state index contributed by atoms with van der Waals surface area (Å²) in [5.74, 6) is 0. The summed E-state index contributed by atoms with van der Waals surface area (Å²) in [6, 6.07) is 20.7. The predicted octanol–water partition coefficient (Wildman–Crippen LogP) is 4.94. The molecule has 0 spiro atoms. The van der Waals surface area contributed by atoms with Gasteiger partial charge in [-0.05, 0) is 23.6 Å². The molecule has 2 nitrogen and oxygen atoms in total. The van der Waals surface area contributed by atoms with Crippen molar-refractivity contribution in [1.82, 2.24) is 9.55 Å². The zero-order valence-electron chi connectivity index (χ0n) is 10.6. The largest absolute Gasteiger partial charge is 0.299 e.